The third-order valence-corrected chi connectivity index (χ3v) is 3.50. The molecule has 0 saturated carbocycles. The van der Waals surface area contributed by atoms with E-state index in [1.807, 2.05) is 17.6 Å². The lowest BCUT2D eigenvalue weighted by molar-refractivity contribution is -0.782. The number of halogens is 1. The molecule has 2 aromatic carbocycles. The molecular weight excluding hydrogens is 279 g/mol. The van der Waals surface area contributed by atoms with Crippen molar-refractivity contribution in [2.45, 2.75) is 4.90 Å². The van der Waals surface area contributed by atoms with Crippen molar-refractivity contribution in [3.63, 3.8) is 0 Å². The molecule has 0 spiro atoms. The number of aromatic nitrogens is 2. The third-order valence-electron chi connectivity index (χ3n) is 2.69. The first-order valence-corrected chi connectivity index (χ1v) is 6.68. The van der Waals surface area contributed by atoms with Gasteiger partial charge in [0.2, 0.25) is 11.0 Å². The van der Waals surface area contributed by atoms with Gasteiger partial charge in [0, 0.05) is 16.1 Å². The lowest BCUT2D eigenvalue weighted by Gasteiger charge is -1.95. The molecule has 4 nitrogen and oxygen atoms in total. The van der Waals surface area contributed by atoms with Gasteiger partial charge in [-0.05, 0) is 52.3 Å². The summed E-state index contributed by atoms with van der Waals surface area (Å²) in [6.45, 7) is 0. The van der Waals surface area contributed by atoms with E-state index in [9.17, 15) is 9.60 Å². The van der Waals surface area contributed by atoms with Gasteiger partial charge in [0.15, 0.2) is 0 Å². The molecule has 100 valence electrons. The minimum Gasteiger partial charge on any atom is -0.359 e. The van der Waals surface area contributed by atoms with Crippen molar-refractivity contribution in [2.75, 3.05) is 0 Å². The number of benzene rings is 2. The Bertz CT molecular complexity index is 768. The van der Waals surface area contributed by atoms with Gasteiger partial charge in [0.1, 0.15) is 5.82 Å². The van der Waals surface area contributed by atoms with Crippen molar-refractivity contribution in [3.05, 3.63) is 64.5 Å². The third kappa shape index (κ3) is 2.65. The fourth-order valence-electron chi connectivity index (χ4n) is 1.70. The number of hydrogen-bond acceptors (Lipinski definition) is 4. The van der Waals surface area contributed by atoms with Crippen LogP contribution < -0.4 is 4.90 Å². The zero-order chi connectivity index (χ0) is 13.9. The monoisotopic (exact) mass is 288 g/mol. The van der Waals surface area contributed by atoms with E-state index in [2.05, 4.69) is 9.79 Å². The fraction of sp³-hybridized carbons (Fsp3) is 0. The molecular formula is C14H9FN2O2S. The maximum absolute atomic E-state index is 12.8. The highest BCUT2D eigenvalue weighted by molar-refractivity contribution is 8.02. The van der Waals surface area contributed by atoms with Crippen LogP contribution in [0, 0.1) is 11.0 Å². The Morgan fingerprint density at radius 2 is 2.00 bits per heavy atom. The van der Waals surface area contributed by atoms with E-state index >= 15 is 0 Å². The van der Waals surface area contributed by atoms with Crippen LogP contribution in [0.15, 0.2) is 57.4 Å². The zero-order valence-electron chi connectivity index (χ0n) is 10.2. The first kappa shape index (κ1) is 12.7. The maximum atomic E-state index is 12.8. The zero-order valence-corrected chi connectivity index (χ0v) is 11.0. The molecule has 0 radical (unpaired) electrons. The van der Waals surface area contributed by atoms with Gasteiger partial charge in [0.25, 0.3) is 0 Å². The molecule has 0 aliphatic rings. The SMILES string of the molecule is [O-][n+]1onc2ccc(/C=C/Sc3ccc(F)cc3)cc21. The molecule has 3 rings (SSSR count). The Balaban J connectivity index is 1.76. The van der Waals surface area contributed by atoms with Crippen molar-refractivity contribution < 1.29 is 13.9 Å². The summed E-state index contributed by atoms with van der Waals surface area (Å²) >= 11 is 1.46. The van der Waals surface area contributed by atoms with E-state index in [1.54, 1.807) is 24.3 Å². The van der Waals surface area contributed by atoms with Gasteiger partial charge in [-0.2, -0.15) is 0 Å². The molecule has 3 aromatic rings. The summed E-state index contributed by atoms with van der Waals surface area (Å²) in [5.41, 5.74) is 1.77. The number of rotatable bonds is 3. The van der Waals surface area contributed by atoms with Gasteiger partial charge in [-0.15, -0.1) is 0 Å². The highest BCUT2D eigenvalue weighted by atomic mass is 32.2. The second-order valence-electron chi connectivity index (χ2n) is 4.05. The summed E-state index contributed by atoms with van der Waals surface area (Å²) in [6, 6.07) is 11.5. The summed E-state index contributed by atoms with van der Waals surface area (Å²) in [4.78, 5) is 1.31. The highest BCUT2D eigenvalue weighted by Gasteiger charge is 2.08. The van der Waals surface area contributed by atoms with E-state index < -0.39 is 0 Å². The van der Waals surface area contributed by atoms with Crippen LogP contribution >= 0.6 is 11.8 Å². The number of thioether (sulfide) groups is 1. The van der Waals surface area contributed by atoms with Crippen LogP contribution in [-0.2, 0) is 0 Å². The normalized spacial score (nSPS) is 11.4. The molecule has 0 amide bonds. The Morgan fingerprint density at radius 3 is 2.80 bits per heavy atom. The largest absolute Gasteiger partial charge is 0.359 e. The number of fused-ring (bicyclic) bond motifs is 1. The van der Waals surface area contributed by atoms with Crippen molar-refractivity contribution in [2.24, 2.45) is 0 Å². The van der Waals surface area contributed by atoms with Gasteiger partial charge in [-0.3, -0.25) is 4.63 Å². The Labute approximate surface area is 118 Å². The van der Waals surface area contributed by atoms with Crippen LogP contribution in [0.5, 0.6) is 0 Å². The van der Waals surface area contributed by atoms with E-state index in [-0.39, 0.29) is 5.82 Å². The summed E-state index contributed by atoms with van der Waals surface area (Å²) in [5.74, 6) is -0.253. The molecule has 1 aromatic heterocycles. The Morgan fingerprint density at radius 1 is 1.20 bits per heavy atom. The van der Waals surface area contributed by atoms with Crippen LogP contribution in [0.4, 0.5) is 4.39 Å². The summed E-state index contributed by atoms with van der Waals surface area (Å²) in [6.07, 6.45) is 1.86. The molecule has 0 bridgehead atoms. The average molecular weight is 288 g/mol. The standard InChI is InChI=1S/C14H9FN2O2S/c15-11-2-4-12(5-3-11)20-8-7-10-1-6-13-14(9-10)17(18)19-16-13/h1-9H/b8-7+. The first-order chi connectivity index (χ1) is 9.72. The number of hydrogen-bond donors (Lipinski definition) is 0. The molecule has 0 N–H and O–H groups in total. The van der Waals surface area contributed by atoms with Crippen molar-refractivity contribution in [1.29, 1.82) is 0 Å². The molecule has 0 saturated heterocycles. The van der Waals surface area contributed by atoms with Crippen LogP contribution in [0.2, 0.25) is 0 Å². The lowest BCUT2D eigenvalue weighted by Crippen LogP contribution is -2.22. The van der Waals surface area contributed by atoms with E-state index in [4.69, 9.17) is 0 Å². The number of nitrogens with zero attached hydrogens (tertiary/aromatic N) is 2. The molecule has 6 heteroatoms. The van der Waals surface area contributed by atoms with Crippen molar-refractivity contribution >= 4 is 28.9 Å². The van der Waals surface area contributed by atoms with Gasteiger partial charge < -0.3 is 5.21 Å². The van der Waals surface area contributed by atoms with Crippen LogP contribution in [-0.4, -0.2) is 5.16 Å². The molecule has 0 atom stereocenters. The van der Waals surface area contributed by atoms with Crippen LogP contribution in [0.3, 0.4) is 0 Å². The first-order valence-electron chi connectivity index (χ1n) is 5.81. The van der Waals surface area contributed by atoms with Crippen LogP contribution in [0.1, 0.15) is 5.56 Å². The van der Waals surface area contributed by atoms with Crippen molar-refractivity contribution in [1.82, 2.24) is 5.16 Å². The van der Waals surface area contributed by atoms with Gasteiger partial charge in [0.05, 0.1) is 0 Å². The molecule has 0 aliphatic carbocycles. The minimum absolute atomic E-state index is 0.253. The second-order valence-corrected chi connectivity index (χ2v) is 5.03. The molecule has 0 fully saturated rings. The highest BCUT2D eigenvalue weighted by Crippen LogP contribution is 2.21. The summed E-state index contributed by atoms with van der Waals surface area (Å²) in [5, 5.41) is 16.8. The Hall–Kier alpha value is -2.34. The molecule has 0 unspecified atom stereocenters. The molecule has 20 heavy (non-hydrogen) atoms. The average Bonchev–Trinajstić information content (AvgIpc) is 2.83. The summed E-state index contributed by atoms with van der Waals surface area (Å²) < 4.78 is 17.3. The quantitative estimate of drug-likeness (QED) is 0.548. The Kier molecular flexibility index (Phi) is 3.39. The minimum atomic E-state index is -0.253. The topological polar surface area (TPSA) is 53.0 Å². The smallest absolute Gasteiger partial charge is 0.248 e. The maximum Gasteiger partial charge on any atom is 0.248 e. The lowest BCUT2D eigenvalue weighted by atomic mass is 10.2. The van der Waals surface area contributed by atoms with Crippen LogP contribution in [0.25, 0.3) is 17.1 Å². The predicted octanol–water partition coefficient (Wildman–Crippen LogP) is 3.36. The second kappa shape index (κ2) is 5.34. The molecule has 0 aliphatic heterocycles. The molecule has 1 heterocycles. The van der Waals surface area contributed by atoms with E-state index in [0.717, 1.165) is 10.5 Å². The fourth-order valence-corrected chi connectivity index (χ4v) is 2.37. The van der Waals surface area contributed by atoms with Gasteiger partial charge in [-0.25, -0.2) is 4.39 Å². The van der Waals surface area contributed by atoms with E-state index in [1.165, 1.54) is 23.9 Å². The van der Waals surface area contributed by atoms with Gasteiger partial charge >= 0.3 is 0 Å². The van der Waals surface area contributed by atoms with E-state index in [0.29, 0.717) is 15.9 Å². The van der Waals surface area contributed by atoms with Crippen molar-refractivity contribution in [3.8, 4) is 0 Å². The summed E-state index contributed by atoms with van der Waals surface area (Å²) in [7, 11) is 0. The predicted molar refractivity (Wildman–Crippen MR) is 74.3 cm³/mol. The van der Waals surface area contributed by atoms with Gasteiger partial charge in [-0.1, -0.05) is 17.8 Å².